The minimum absolute atomic E-state index is 0.0417. The fraction of sp³-hybridized carbons (Fsp3) is 0. The smallest absolute Gasteiger partial charge is 0.316 e. The van der Waals surface area contributed by atoms with Gasteiger partial charge in [-0.15, -0.1) is 0 Å². The Balaban J connectivity index is 2.95. The summed E-state index contributed by atoms with van der Waals surface area (Å²) >= 11 is 0. The normalized spacial score (nSPS) is 9.09. The first-order valence-corrected chi connectivity index (χ1v) is 2.79. The maximum absolute atomic E-state index is 10.8. The van der Waals surface area contributed by atoms with Crippen molar-refractivity contribution in [2.75, 3.05) is 5.32 Å². The third kappa shape index (κ3) is 1.78. The quantitative estimate of drug-likeness (QED) is 0.496. The molecular formula is C5H6N4O2. The molecule has 0 aromatic carbocycles. The van der Waals surface area contributed by atoms with Gasteiger partial charge in [-0.1, -0.05) is 0 Å². The average Bonchev–Trinajstić information content (AvgIpc) is 1.93. The van der Waals surface area contributed by atoms with E-state index in [0.29, 0.717) is 0 Å². The molecule has 0 bridgehead atoms. The van der Waals surface area contributed by atoms with Crippen molar-refractivity contribution < 1.29 is 4.79 Å². The summed E-state index contributed by atoms with van der Waals surface area (Å²) in [6.07, 6.45) is 2.43. The molecule has 0 unspecified atom stereocenters. The van der Waals surface area contributed by atoms with E-state index in [2.05, 4.69) is 15.3 Å². The molecule has 0 aliphatic heterocycles. The molecule has 4 N–H and O–H groups in total. The number of hydrogen-bond donors (Lipinski definition) is 3. The van der Waals surface area contributed by atoms with Crippen LogP contribution in [0.3, 0.4) is 0 Å². The van der Waals surface area contributed by atoms with Crippen molar-refractivity contribution in [3.63, 3.8) is 0 Å². The number of carbonyl (C=O) groups excluding carboxylic acids is 1. The summed E-state index contributed by atoms with van der Waals surface area (Å²) in [4.78, 5) is 26.9. The Kier molecular flexibility index (Phi) is 1.86. The van der Waals surface area contributed by atoms with E-state index in [1.165, 1.54) is 12.5 Å². The summed E-state index contributed by atoms with van der Waals surface area (Å²) in [5.74, 6) is 0. The van der Waals surface area contributed by atoms with E-state index >= 15 is 0 Å². The standard InChI is InChI=1S/C5H6N4O2/c6-5(11)9-3-1-7-2-8-4(3)10/h1-2H,(H3,6,9,11)(H,7,8,10). The van der Waals surface area contributed by atoms with Gasteiger partial charge in [0.25, 0.3) is 5.56 Å². The molecule has 0 saturated heterocycles. The fourth-order valence-corrected chi connectivity index (χ4v) is 0.566. The number of carbonyl (C=O) groups is 1. The van der Waals surface area contributed by atoms with Gasteiger partial charge in [0.2, 0.25) is 0 Å². The fourth-order valence-electron chi connectivity index (χ4n) is 0.566. The van der Waals surface area contributed by atoms with E-state index in [4.69, 9.17) is 5.73 Å². The molecular weight excluding hydrogens is 148 g/mol. The van der Waals surface area contributed by atoms with Gasteiger partial charge in [-0.05, 0) is 0 Å². The lowest BCUT2D eigenvalue weighted by Gasteiger charge is -1.96. The predicted molar refractivity (Wildman–Crippen MR) is 38.1 cm³/mol. The van der Waals surface area contributed by atoms with E-state index in [9.17, 15) is 9.59 Å². The molecule has 0 fully saturated rings. The molecule has 0 aliphatic carbocycles. The van der Waals surface area contributed by atoms with Crippen LogP contribution in [0.15, 0.2) is 17.3 Å². The third-order valence-corrected chi connectivity index (χ3v) is 0.976. The average molecular weight is 154 g/mol. The van der Waals surface area contributed by atoms with Crippen molar-refractivity contribution in [2.45, 2.75) is 0 Å². The monoisotopic (exact) mass is 154 g/mol. The number of amides is 2. The molecule has 1 rings (SSSR count). The third-order valence-electron chi connectivity index (χ3n) is 0.976. The molecule has 2 amide bonds. The van der Waals surface area contributed by atoms with Crippen LogP contribution in [0.5, 0.6) is 0 Å². The van der Waals surface area contributed by atoms with Crippen LogP contribution < -0.4 is 16.6 Å². The van der Waals surface area contributed by atoms with Crippen LogP contribution in [-0.2, 0) is 0 Å². The molecule has 1 aromatic heterocycles. The summed E-state index contributed by atoms with van der Waals surface area (Å²) < 4.78 is 0. The topological polar surface area (TPSA) is 101 Å². The Morgan fingerprint density at radius 1 is 1.73 bits per heavy atom. The van der Waals surface area contributed by atoms with E-state index in [-0.39, 0.29) is 5.69 Å². The minimum atomic E-state index is -0.788. The largest absolute Gasteiger partial charge is 0.351 e. The number of nitrogens with one attached hydrogen (secondary N) is 2. The van der Waals surface area contributed by atoms with E-state index in [0.717, 1.165) is 0 Å². The molecule has 1 aromatic rings. The van der Waals surface area contributed by atoms with E-state index in [1.807, 2.05) is 0 Å². The van der Waals surface area contributed by atoms with Gasteiger partial charge >= 0.3 is 6.03 Å². The Labute approximate surface area is 61.4 Å². The van der Waals surface area contributed by atoms with Crippen molar-refractivity contribution in [1.29, 1.82) is 0 Å². The summed E-state index contributed by atoms with van der Waals surface area (Å²) in [7, 11) is 0. The highest BCUT2D eigenvalue weighted by atomic mass is 16.2. The summed E-state index contributed by atoms with van der Waals surface area (Å²) in [5, 5.41) is 2.11. The molecule has 0 atom stereocenters. The zero-order chi connectivity index (χ0) is 8.27. The van der Waals surface area contributed by atoms with E-state index < -0.39 is 11.6 Å². The Morgan fingerprint density at radius 3 is 3.00 bits per heavy atom. The van der Waals surface area contributed by atoms with Crippen LogP contribution in [-0.4, -0.2) is 16.0 Å². The maximum Gasteiger partial charge on any atom is 0.316 e. The number of nitrogens with zero attached hydrogens (tertiary/aromatic N) is 1. The molecule has 11 heavy (non-hydrogen) atoms. The van der Waals surface area contributed by atoms with Gasteiger partial charge < -0.3 is 16.0 Å². The Hall–Kier alpha value is -1.85. The first-order valence-electron chi connectivity index (χ1n) is 2.79. The highest BCUT2D eigenvalue weighted by Gasteiger charge is 1.98. The molecule has 0 radical (unpaired) electrons. The Bertz CT molecular complexity index is 318. The zero-order valence-corrected chi connectivity index (χ0v) is 5.50. The minimum Gasteiger partial charge on any atom is -0.351 e. The number of rotatable bonds is 1. The second kappa shape index (κ2) is 2.82. The number of aromatic nitrogens is 2. The van der Waals surface area contributed by atoms with Gasteiger partial charge in [-0.25, -0.2) is 9.78 Å². The second-order valence-corrected chi connectivity index (χ2v) is 1.78. The van der Waals surface area contributed by atoms with Gasteiger partial charge in [0.05, 0.1) is 12.5 Å². The SMILES string of the molecule is NC(=O)Nc1cnc[nH]c1=O. The number of urea groups is 1. The molecule has 6 heteroatoms. The van der Waals surface area contributed by atoms with Gasteiger partial charge in [0.15, 0.2) is 0 Å². The van der Waals surface area contributed by atoms with Crippen LogP contribution in [0.1, 0.15) is 0 Å². The molecule has 58 valence electrons. The second-order valence-electron chi connectivity index (χ2n) is 1.78. The predicted octanol–water partition coefficient (Wildman–Crippen LogP) is -0.739. The molecule has 0 aliphatic rings. The number of nitrogens with two attached hydrogens (primary N) is 1. The summed E-state index contributed by atoms with van der Waals surface area (Å²) in [6.45, 7) is 0. The van der Waals surface area contributed by atoms with Crippen molar-refractivity contribution in [1.82, 2.24) is 9.97 Å². The van der Waals surface area contributed by atoms with Gasteiger partial charge in [0.1, 0.15) is 5.69 Å². The van der Waals surface area contributed by atoms with Crippen LogP contribution in [0.2, 0.25) is 0 Å². The Morgan fingerprint density at radius 2 is 2.45 bits per heavy atom. The molecule has 1 heterocycles. The van der Waals surface area contributed by atoms with Gasteiger partial charge in [-0.2, -0.15) is 0 Å². The van der Waals surface area contributed by atoms with Crippen LogP contribution in [0, 0.1) is 0 Å². The first-order chi connectivity index (χ1) is 5.20. The van der Waals surface area contributed by atoms with Gasteiger partial charge in [-0.3, -0.25) is 4.79 Å². The lowest BCUT2D eigenvalue weighted by molar-refractivity contribution is 0.259. The summed E-state index contributed by atoms with van der Waals surface area (Å²) in [5.41, 5.74) is 4.37. The van der Waals surface area contributed by atoms with E-state index in [1.54, 1.807) is 0 Å². The van der Waals surface area contributed by atoms with Crippen LogP contribution in [0.4, 0.5) is 10.5 Å². The number of primary amides is 1. The highest BCUT2D eigenvalue weighted by molar-refractivity contribution is 5.87. The van der Waals surface area contributed by atoms with Crippen LogP contribution >= 0.6 is 0 Å². The number of hydrogen-bond acceptors (Lipinski definition) is 3. The van der Waals surface area contributed by atoms with Crippen molar-refractivity contribution in [3.8, 4) is 0 Å². The first kappa shape index (κ1) is 7.26. The maximum atomic E-state index is 10.8. The summed E-state index contributed by atoms with van der Waals surface area (Å²) in [6, 6.07) is -0.788. The van der Waals surface area contributed by atoms with Gasteiger partial charge in [0, 0.05) is 0 Å². The lowest BCUT2D eigenvalue weighted by Crippen LogP contribution is -2.24. The molecule has 6 nitrogen and oxygen atoms in total. The molecule has 0 saturated carbocycles. The highest BCUT2D eigenvalue weighted by Crippen LogP contribution is 1.90. The lowest BCUT2D eigenvalue weighted by atomic mass is 10.5. The number of anilines is 1. The van der Waals surface area contributed by atoms with Crippen molar-refractivity contribution in [2.24, 2.45) is 5.73 Å². The number of aromatic amines is 1. The van der Waals surface area contributed by atoms with Crippen molar-refractivity contribution in [3.05, 3.63) is 22.9 Å². The number of H-pyrrole nitrogens is 1. The van der Waals surface area contributed by atoms with Crippen molar-refractivity contribution >= 4 is 11.7 Å². The molecule has 0 spiro atoms. The zero-order valence-electron chi connectivity index (χ0n) is 5.50. The van der Waals surface area contributed by atoms with Crippen LogP contribution in [0.25, 0.3) is 0 Å².